The van der Waals surface area contributed by atoms with E-state index in [0.717, 1.165) is 29.0 Å². The number of methoxy groups -OCH3 is 1. The maximum Gasteiger partial charge on any atom is 0.229 e. The summed E-state index contributed by atoms with van der Waals surface area (Å²) in [7, 11) is -1.98. The van der Waals surface area contributed by atoms with E-state index in [4.69, 9.17) is 17.0 Å². The molecule has 184 valence electrons. The summed E-state index contributed by atoms with van der Waals surface area (Å²) in [5.41, 5.74) is 3.82. The van der Waals surface area contributed by atoms with Crippen molar-refractivity contribution < 1.29 is 13.2 Å². The molecule has 2 N–H and O–H groups in total. The number of rotatable bonds is 7. The van der Waals surface area contributed by atoms with Crippen molar-refractivity contribution in [2.75, 3.05) is 23.0 Å². The maximum absolute atomic E-state index is 11.8. The first-order chi connectivity index (χ1) is 17.4. The molecule has 1 fully saturated rings. The van der Waals surface area contributed by atoms with Gasteiger partial charge in [-0.1, -0.05) is 6.07 Å². The number of ether oxygens (including phenoxy) is 1. The van der Waals surface area contributed by atoms with Crippen LogP contribution in [0.15, 0.2) is 85.5 Å². The number of benzene rings is 1. The standard InChI is InChI=1S/C25H24N6O3S2/c1-34-22-15-17(10-11-19(22)29-36(2,32)33)31-24(23(28-25(31)35)20-8-3-4-13-27-20)21-9-6-14-30(21)18-7-5-12-26-16-18/h3-16,23-24,29H,1-2H3,(H,28,35)/t23-,24-/m0/s1. The summed E-state index contributed by atoms with van der Waals surface area (Å²) in [6, 6.07) is 18.4. The van der Waals surface area contributed by atoms with Crippen LogP contribution in [-0.2, 0) is 10.0 Å². The van der Waals surface area contributed by atoms with Crippen LogP contribution in [0.1, 0.15) is 23.5 Å². The van der Waals surface area contributed by atoms with E-state index < -0.39 is 10.0 Å². The summed E-state index contributed by atoms with van der Waals surface area (Å²) in [4.78, 5) is 10.9. The average molecular weight is 521 g/mol. The molecule has 0 bridgehead atoms. The number of pyridine rings is 2. The van der Waals surface area contributed by atoms with Crippen molar-refractivity contribution >= 4 is 38.7 Å². The van der Waals surface area contributed by atoms with Gasteiger partial charge in [-0.2, -0.15) is 0 Å². The van der Waals surface area contributed by atoms with Crippen LogP contribution in [-0.4, -0.2) is 41.4 Å². The van der Waals surface area contributed by atoms with Gasteiger partial charge < -0.3 is 19.5 Å². The van der Waals surface area contributed by atoms with Gasteiger partial charge in [0.05, 0.1) is 42.7 Å². The highest BCUT2D eigenvalue weighted by Gasteiger charge is 2.42. The zero-order valence-corrected chi connectivity index (χ0v) is 21.2. The van der Waals surface area contributed by atoms with Crippen LogP contribution < -0.4 is 19.7 Å². The van der Waals surface area contributed by atoms with Gasteiger partial charge in [-0.05, 0) is 60.7 Å². The van der Waals surface area contributed by atoms with Crippen molar-refractivity contribution in [2.45, 2.75) is 12.1 Å². The number of nitrogens with one attached hydrogen (secondary N) is 2. The Morgan fingerprint density at radius 1 is 1.06 bits per heavy atom. The van der Waals surface area contributed by atoms with Crippen LogP contribution in [0.4, 0.5) is 11.4 Å². The molecule has 11 heteroatoms. The van der Waals surface area contributed by atoms with Crippen LogP contribution in [0, 0.1) is 0 Å². The third kappa shape index (κ3) is 4.62. The Bertz CT molecular complexity index is 1490. The highest BCUT2D eigenvalue weighted by Crippen LogP contribution is 2.43. The molecule has 1 aliphatic heterocycles. The summed E-state index contributed by atoms with van der Waals surface area (Å²) in [6.45, 7) is 0. The number of hydrogen-bond donors (Lipinski definition) is 2. The first kappa shape index (κ1) is 23.8. The van der Waals surface area contributed by atoms with E-state index in [1.54, 1.807) is 30.7 Å². The molecule has 2 atom stereocenters. The minimum Gasteiger partial charge on any atom is -0.494 e. The van der Waals surface area contributed by atoms with Gasteiger partial charge in [-0.3, -0.25) is 14.7 Å². The second-order valence-electron chi connectivity index (χ2n) is 8.27. The molecule has 0 spiro atoms. The fourth-order valence-corrected chi connectivity index (χ4v) is 5.33. The molecular formula is C25H24N6O3S2. The van der Waals surface area contributed by atoms with Gasteiger partial charge >= 0.3 is 0 Å². The van der Waals surface area contributed by atoms with Gasteiger partial charge in [-0.15, -0.1) is 0 Å². The largest absolute Gasteiger partial charge is 0.494 e. The fraction of sp³-hybridized carbons (Fsp3) is 0.160. The van der Waals surface area contributed by atoms with E-state index in [0.29, 0.717) is 16.5 Å². The highest BCUT2D eigenvalue weighted by molar-refractivity contribution is 7.92. The smallest absolute Gasteiger partial charge is 0.229 e. The van der Waals surface area contributed by atoms with Gasteiger partial charge in [-0.25, -0.2) is 8.42 Å². The second kappa shape index (κ2) is 9.59. The van der Waals surface area contributed by atoms with Crippen LogP contribution in [0.25, 0.3) is 5.69 Å². The normalized spacial score (nSPS) is 17.6. The van der Waals surface area contributed by atoms with Crippen molar-refractivity contribution in [1.29, 1.82) is 0 Å². The predicted molar refractivity (Wildman–Crippen MR) is 143 cm³/mol. The van der Waals surface area contributed by atoms with Crippen LogP contribution in [0.5, 0.6) is 5.75 Å². The lowest BCUT2D eigenvalue weighted by Crippen LogP contribution is -2.30. The third-order valence-corrected chi connectivity index (χ3v) is 6.77. The summed E-state index contributed by atoms with van der Waals surface area (Å²) >= 11 is 5.82. The van der Waals surface area contributed by atoms with E-state index in [9.17, 15) is 8.42 Å². The van der Waals surface area contributed by atoms with Crippen molar-refractivity contribution in [3.8, 4) is 11.4 Å². The topological polar surface area (TPSA) is 101 Å². The number of sulfonamides is 1. The zero-order valence-electron chi connectivity index (χ0n) is 19.6. The molecule has 3 aromatic heterocycles. The molecule has 0 radical (unpaired) electrons. The molecule has 0 aliphatic carbocycles. The average Bonchev–Trinajstić information content (AvgIpc) is 3.49. The number of aromatic nitrogens is 3. The van der Waals surface area contributed by atoms with E-state index in [1.807, 2.05) is 59.6 Å². The Kier molecular flexibility index (Phi) is 6.33. The van der Waals surface area contributed by atoms with E-state index in [2.05, 4.69) is 24.6 Å². The van der Waals surface area contributed by atoms with Gasteiger partial charge in [0, 0.05) is 36.0 Å². The molecule has 4 heterocycles. The Hall–Kier alpha value is -3.96. The number of thiocarbonyl (C=S) groups is 1. The van der Waals surface area contributed by atoms with Gasteiger partial charge in [0.15, 0.2) is 5.11 Å². The lowest BCUT2D eigenvalue weighted by molar-refractivity contribution is 0.417. The molecular weight excluding hydrogens is 496 g/mol. The lowest BCUT2D eigenvalue weighted by atomic mass is 10.0. The van der Waals surface area contributed by atoms with Crippen LogP contribution >= 0.6 is 12.2 Å². The fourth-order valence-electron chi connectivity index (χ4n) is 4.41. The summed E-state index contributed by atoms with van der Waals surface area (Å²) in [5, 5.41) is 3.95. The molecule has 0 amide bonds. The van der Waals surface area contributed by atoms with E-state index in [1.165, 1.54) is 7.11 Å². The quantitative estimate of drug-likeness (QED) is 0.355. The zero-order chi connectivity index (χ0) is 25.3. The number of nitrogens with zero attached hydrogens (tertiary/aromatic N) is 4. The molecule has 5 rings (SSSR count). The molecule has 0 unspecified atom stereocenters. The summed E-state index contributed by atoms with van der Waals surface area (Å²) < 4.78 is 33.7. The molecule has 0 saturated carbocycles. The predicted octanol–water partition coefficient (Wildman–Crippen LogP) is 3.82. The summed E-state index contributed by atoms with van der Waals surface area (Å²) in [6.07, 6.45) is 8.38. The summed E-state index contributed by atoms with van der Waals surface area (Å²) in [5.74, 6) is 0.378. The van der Waals surface area contributed by atoms with E-state index >= 15 is 0 Å². The van der Waals surface area contributed by atoms with Crippen molar-refractivity contribution in [2.24, 2.45) is 0 Å². The van der Waals surface area contributed by atoms with Crippen LogP contribution in [0.3, 0.4) is 0 Å². The Balaban J connectivity index is 1.64. The SMILES string of the molecule is COc1cc(N2C(=S)N[C@@H](c3ccccn3)[C@@H]2c2cccn2-c2cccnc2)ccc1NS(C)(=O)=O. The molecule has 9 nitrogen and oxygen atoms in total. The van der Waals surface area contributed by atoms with Crippen molar-refractivity contribution in [1.82, 2.24) is 19.9 Å². The first-order valence-electron chi connectivity index (χ1n) is 11.1. The second-order valence-corrected chi connectivity index (χ2v) is 10.4. The molecule has 1 aromatic carbocycles. The van der Waals surface area contributed by atoms with Gasteiger partial charge in [0.2, 0.25) is 10.0 Å². The van der Waals surface area contributed by atoms with Gasteiger partial charge in [0.25, 0.3) is 0 Å². The lowest BCUT2D eigenvalue weighted by Gasteiger charge is -2.29. The molecule has 1 aliphatic rings. The third-order valence-electron chi connectivity index (χ3n) is 5.86. The number of hydrogen-bond acceptors (Lipinski definition) is 6. The molecule has 1 saturated heterocycles. The monoisotopic (exact) mass is 520 g/mol. The Labute approximate surface area is 214 Å². The Morgan fingerprint density at radius 2 is 1.92 bits per heavy atom. The van der Waals surface area contributed by atoms with Crippen molar-refractivity contribution in [3.05, 3.63) is 96.8 Å². The van der Waals surface area contributed by atoms with Crippen LogP contribution in [0.2, 0.25) is 0 Å². The first-order valence-corrected chi connectivity index (χ1v) is 13.4. The molecule has 36 heavy (non-hydrogen) atoms. The highest BCUT2D eigenvalue weighted by atomic mass is 32.2. The maximum atomic E-state index is 11.8. The number of anilines is 2. The van der Waals surface area contributed by atoms with Gasteiger partial charge in [0.1, 0.15) is 11.8 Å². The molecule has 4 aromatic rings. The minimum absolute atomic E-state index is 0.246. The van der Waals surface area contributed by atoms with Crippen molar-refractivity contribution in [3.63, 3.8) is 0 Å². The Morgan fingerprint density at radius 3 is 2.61 bits per heavy atom. The van der Waals surface area contributed by atoms with E-state index in [-0.39, 0.29) is 12.1 Å². The minimum atomic E-state index is -3.48.